The molecule has 8 N–H and O–H groups in total. The number of ether oxygens (including phenoxy) is 2. The van der Waals surface area contributed by atoms with Crippen LogP contribution >= 0.6 is 23.2 Å². The van der Waals surface area contributed by atoms with E-state index in [1.165, 1.54) is 10.9 Å². The number of hydrogen-bond acceptors (Lipinski definition) is 18. The number of rotatable bonds is 14. The second-order valence-corrected chi connectivity index (χ2v) is 17.5. The summed E-state index contributed by atoms with van der Waals surface area (Å²) in [4.78, 5) is 77.1. The fourth-order valence-electron chi connectivity index (χ4n) is 9.29. The number of anilines is 4. The van der Waals surface area contributed by atoms with Gasteiger partial charge in [0.25, 0.3) is 16.8 Å². The fraction of sp³-hybridized carbons (Fsp3) is 0.600. The van der Waals surface area contributed by atoms with E-state index in [-0.39, 0.29) is 46.3 Å². The van der Waals surface area contributed by atoms with Crippen molar-refractivity contribution in [2.24, 2.45) is 0 Å². The summed E-state index contributed by atoms with van der Waals surface area (Å²) in [5.74, 6) is 0.206. The third-order valence-electron chi connectivity index (χ3n) is 12.6. The van der Waals surface area contributed by atoms with E-state index in [0.717, 1.165) is 25.7 Å². The molecule has 2 saturated heterocycles. The summed E-state index contributed by atoms with van der Waals surface area (Å²) in [7, 11) is 0. The molecule has 0 bridgehead atoms. The zero-order valence-electron chi connectivity index (χ0n) is 35.1. The first-order valence-electron chi connectivity index (χ1n) is 21.8. The molecule has 2 aliphatic carbocycles. The second-order valence-electron chi connectivity index (χ2n) is 16.8. The van der Waals surface area contributed by atoms with Crippen LogP contribution in [0.5, 0.6) is 0 Å². The Morgan fingerprint density at radius 2 is 1.11 bits per heavy atom. The highest BCUT2D eigenvalue weighted by Crippen LogP contribution is 2.36. The van der Waals surface area contributed by atoms with Crippen LogP contribution in [0.15, 0.2) is 22.2 Å². The Bertz CT molecular complexity index is 2600. The molecule has 4 aromatic heterocycles. The second kappa shape index (κ2) is 18.3. The number of likely N-dealkylation sites (N-methyl/N-ethyl adjacent to an activating group) is 2. The Morgan fingerprint density at radius 3 is 1.62 bits per heavy atom. The highest BCUT2D eigenvalue weighted by Gasteiger charge is 2.48. The van der Waals surface area contributed by atoms with Crippen molar-refractivity contribution in [3.05, 3.63) is 43.7 Å². The smallest absolute Gasteiger partial charge is 0.253 e. The van der Waals surface area contributed by atoms with Crippen LogP contribution in [0.4, 0.5) is 23.0 Å². The van der Waals surface area contributed by atoms with Gasteiger partial charge in [-0.25, -0.2) is 9.97 Å². The lowest BCUT2D eigenvalue weighted by molar-refractivity contribution is -0.137. The van der Waals surface area contributed by atoms with Gasteiger partial charge in [-0.1, -0.05) is 0 Å². The lowest BCUT2D eigenvalue weighted by atomic mass is 9.90. The van der Waals surface area contributed by atoms with E-state index in [1.54, 1.807) is 17.8 Å². The van der Waals surface area contributed by atoms with Crippen LogP contribution in [0.2, 0.25) is 10.6 Å². The van der Waals surface area contributed by atoms with Crippen molar-refractivity contribution in [3.63, 3.8) is 0 Å². The van der Waals surface area contributed by atoms with E-state index in [9.17, 15) is 29.4 Å². The minimum absolute atomic E-state index is 0.0111. The van der Waals surface area contributed by atoms with E-state index in [1.807, 2.05) is 6.92 Å². The van der Waals surface area contributed by atoms with Gasteiger partial charge in [0.05, 0.1) is 12.7 Å². The summed E-state index contributed by atoms with van der Waals surface area (Å²) in [6, 6.07) is -0.0222. The zero-order valence-corrected chi connectivity index (χ0v) is 36.6. The Kier molecular flexibility index (Phi) is 12.6. The molecule has 2 aliphatic heterocycles. The molecule has 22 nitrogen and oxygen atoms in total. The summed E-state index contributed by atoms with van der Waals surface area (Å²) in [5, 5.41) is 40.4. The van der Waals surface area contributed by atoms with Crippen molar-refractivity contribution in [3.8, 4) is 0 Å². The normalized spacial score (nSPS) is 28.4. The molecule has 9 rings (SSSR count). The molecular weight excluding hydrogens is 875 g/mol. The molecule has 4 aliphatic rings. The standard InChI is InChI=1S/C40H50Cl2N14O8/c1-3-43-36(61)21-13-14-22(63-21)55-15-45-25-32(51-39(41)53-34(25)55)49-19-9-5-17(6-10-19)47-23-24(28(58)27(23)57)48-18-7-11-20(12-8-18)50-33-26-35(54-40(42)52-33)56(16-46-26)38-30(60)29(59)31(64-38)37(62)44-4-2/h15-22,29-31,38,47-48,59-60H,3-14H2,1-2H3,(H,43,61)(H,44,62)(H,49,51,53)(H,50,52,54)/t17?,18?,19?,20?,21-,22+,29-,30+,31-,38+/m0/s1. The van der Waals surface area contributed by atoms with Crippen LogP contribution in [0, 0.1) is 0 Å². The quantitative estimate of drug-likeness (QED) is 0.0585. The third-order valence-corrected chi connectivity index (χ3v) is 12.9. The van der Waals surface area contributed by atoms with E-state index in [4.69, 9.17) is 32.7 Å². The van der Waals surface area contributed by atoms with Gasteiger partial charge in [-0.05, 0) is 101 Å². The molecule has 0 spiro atoms. The average molecular weight is 926 g/mol. The van der Waals surface area contributed by atoms with Gasteiger partial charge < -0.3 is 51.6 Å². The maximum Gasteiger partial charge on any atom is 0.253 e. The van der Waals surface area contributed by atoms with Crippen molar-refractivity contribution in [2.45, 2.75) is 139 Å². The van der Waals surface area contributed by atoms with E-state index >= 15 is 0 Å². The Labute approximate surface area is 375 Å². The number of aliphatic hydroxyl groups is 2. The molecule has 0 radical (unpaired) electrons. The summed E-state index contributed by atoms with van der Waals surface area (Å²) in [6.07, 6.45) is 3.77. The number of nitrogens with zero attached hydrogens (tertiary/aromatic N) is 8. The van der Waals surface area contributed by atoms with Gasteiger partial charge in [0, 0.05) is 37.3 Å². The molecule has 0 unspecified atom stereocenters. The van der Waals surface area contributed by atoms with Gasteiger partial charge >= 0.3 is 0 Å². The highest BCUT2D eigenvalue weighted by molar-refractivity contribution is 6.29. The van der Waals surface area contributed by atoms with Crippen LogP contribution in [-0.2, 0) is 19.1 Å². The lowest BCUT2D eigenvalue weighted by Gasteiger charge is -2.33. The van der Waals surface area contributed by atoms with Crippen molar-refractivity contribution < 1.29 is 29.3 Å². The van der Waals surface area contributed by atoms with Crippen LogP contribution in [0.25, 0.3) is 22.3 Å². The maximum atomic E-state index is 12.8. The number of aromatic nitrogens is 8. The van der Waals surface area contributed by atoms with Gasteiger partial charge in [-0.3, -0.25) is 28.3 Å². The topological polar surface area (TPSA) is 287 Å². The van der Waals surface area contributed by atoms with Crippen LogP contribution in [-0.4, -0.2) is 123 Å². The first kappa shape index (κ1) is 44.0. The number of hydrogen-bond donors (Lipinski definition) is 8. The van der Waals surface area contributed by atoms with Crippen LogP contribution in [0.1, 0.15) is 90.5 Å². The summed E-state index contributed by atoms with van der Waals surface area (Å²) < 4.78 is 15.0. The molecule has 6 heterocycles. The predicted molar refractivity (Wildman–Crippen MR) is 235 cm³/mol. The van der Waals surface area contributed by atoms with Crippen LogP contribution in [0.3, 0.4) is 0 Å². The summed E-state index contributed by atoms with van der Waals surface area (Å²) in [6.45, 7) is 4.46. The highest BCUT2D eigenvalue weighted by atomic mass is 35.5. The number of imidazole rings is 2. The molecule has 24 heteroatoms. The number of carbonyl (C=O) groups is 2. The maximum absolute atomic E-state index is 12.8. The predicted octanol–water partition coefficient (Wildman–Crippen LogP) is 2.11. The number of aliphatic hydroxyl groups excluding tert-OH is 2. The van der Waals surface area contributed by atoms with Crippen LogP contribution < -0.4 is 42.8 Å². The number of carbonyl (C=O) groups excluding carboxylic acids is 2. The Balaban J connectivity index is 0.774. The number of amides is 2. The monoisotopic (exact) mass is 924 g/mol. The largest absolute Gasteiger partial charge is 0.387 e. The number of nitrogens with one attached hydrogen (secondary N) is 6. The molecule has 4 fully saturated rings. The van der Waals surface area contributed by atoms with Gasteiger partial charge in [-0.2, -0.15) is 19.9 Å². The molecule has 6 atom stereocenters. The van der Waals surface area contributed by atoms with E-state index < -0.39 is 53.6 Å². The minimum Gasteiger partial charge on any atom is -0.387 e. The number of fused-ring (bicyclic) bond motifs is 2. The first-order valence-corrected chi connectivity index (χ1v) is 22.6. The molecule has 342 valence electrons. The van der Waals surface area contributed by atoms with Crippen molar-refractivity contribution in [2.75, 3.05) is 34.4 Å². The molecular formula is C40H50Cl2N14O8. The zero-order chi connectivity index (χ0) is 44.8. The SMILES string of the molecule is CCNC(=O)[C@@H]1CC[C@H](n2cnc3c(NC4CCC(Nc5c(NC6CCC(Nc7nc(Cl)nc8c7ncn8[C@@H]7O[C@H](C(=O)NCC)[C@@H](O)[C@H]7O)CC6)c(=O)c5=O)CC4)nc(Cl)nc32)O1. The third kappa shape index (κ3) is 8.53. The average Bonchev–Trinajstić information content (AvgIpc) is 4.09. The van der Waals surface area contributed by atoms with E-state index in [2.05, 4.69) is 61.8 Å². The van der Waals surface area contributed by atoms with Crippen molar-refractivity contribution >= 4 is 80.4 Å². The molecule has 5 aromatic rings. The number of halogens is 2. The first-order chi connectivity index (χ1) is 30.9. The summed E-state index contributed by atoms with van der Waals surface area (Å²) in [5.41, 5.74) is 1.28. The Morgan fingerprint density at radius 1 is 0.641 bits per heavy atom. The van der Waals surface area contributed by atoms with Crippen molar-refractivity contribution in [1.82, 2.24) is 49.7 Å². The van der Waals surface area contributed by atoms with Gasteiger partial charge in [0.2, 0.25) is 16.5 Å². The minimum atomic E-state index is -1.47. The Hall–Kier alpha value is -5.26. The lowest BCUT2D eigenvalue weighted by Crippen LogP contribution is -2.43. The van der Waals surface area contributed by atoms with Gasteiger partial charge in [0.15, 0.2) is 46.3 Å². The van der Waals surface area contributed by atoms with Crippen molar-refractivity contribution in [1.29, 1.82) is 0 Å². The van der Waals surface area contributed by atoms with Gasteiger partial charge in [0.1, 0.15) is 35.9 Å². The molecule has 64 heavy (non-hydrogen) atoms. The van der Waals surface area contributed by atoms with Gasteiger partial charge in [-0.15, -0.1) is 0 Å². The molecule has 2 amide bonds. The molecule has 1 aromatic carbocycles. The molecule has 2 saturated carbocycles. The van der Waals surface area contributed by atoms with E-state index in [0.29, 0.717) is 91.3 Å². The summed E-state index contributed by atoms with van der Waals surface area (Å²) >= 11 is 12.7. The fourth-order valence-corrected chi connectivity index (χ4v) is 9.62.